The minimum Gasteiger partial charge on any atom is -0.459 e. The van der Waals surface area contributed by atoms with E-state index in [-0.39, 0.29) is 36.3 Å². The number of rotatable bonds is 7. The van der Waals surface area contributed by atoms with E-state index in [1.807, 2.05) is 0 Å². The number of nitrogens with zero attached hydrogens (tertiary/aromatic N) is 1. The Balaban J connectivity index is 1.80. The van der Waals surface area contributed by atoms with Crippen molar-refractivity contribution in [3.63, 3.8) is 0 Å². The molecule has 1 aromatic heterocycles. The van der Waals surface area contributed by atoms with Crippen molar-refractivity contribution in [3.05, 3.63) is 89.6 Å². The highest BCUT2D eigenvalue weighted by Crippen LogP contribution is 2.18. The van der Waals surface area contributed by atoms with Crippen molar-refractivity contribution in [1.29, 1.82) is 0 Å². The van der Waals surface area contributed by atoms with Gasteiger partial charge in [-0.25, -0.2) is 4.39 Å². The lowest BCUT2D eigenvalue weighted by molar-refractivity contribution is 0.0697. The number of hydrogen-bond acceptors (Lipinski definition) is 5. The summed E-state index contributed by atoms with van der Waals surface area (Å²) in [5, 5.41) is 0. The molecule has 3 rings (SSSR count). The Hall–Kier alpha value is -3.13. The van der Waals surface area contributed by atoms with Crippen LogP contribution in [0.15, 0.2) is 71.3 Å². The molecule has 0 aliphatic heterocycles. The Morgan fingerprint density at radius 1 is 1.00 bits per heavy atom. The van der Waals surface area contributed by atoms with Gasteiger partial charge in [-0.1, -0.05) is 24.3 Å². The summed E-state index contributed by atoms with van der Waals surface area (Å²) in [6, 6.07) is 15.5. The predicted octanol–water partition coefficient (Wildman–Crippen LogP) is 3.60. The minimum atomic E-state index is -3.61. The molecule has 0 unspecified atom stereocenters. The molecule has 0 fully saturated rings. The van der Waals surface area contributed by atoms with Gasteiger partial charge < -0.3 is 13.5 Å². The van der Waals surface area contributed by atoms with E-state index in [0.717, 1.165) is 17.4 Å². The normalized spacial score (nSPS) is 11.2. The molecule has 0 aliphatic carbocycles. The maximum absolute atomic E-state index is 13.2. The van der Waals surface area contributed by atoms with Crippen LogP contribution in [0.2, 0.25) is 0 Å². The van der Waals surface area contributed by atoms with Crippen LogP contribution < -0.4 is 4.18 Å². The third kappa shape index (κ3) is 5.43. The van der Waals surface area contributed by atoms with E-state index < -0.39 is 10.1 Å². The molecule has 0 spiro atoms. The molecule has 0 saturated carbocycles. The Morgan fingerprint density at radius 3 is 2.07 bits per heavy atom. The van der Waals surface area contributed by atoms with Gasteiger partial charge in [0.1, 0.15) is 11.6 Å². The molecule has 6 nitrogen and oxygen atoms in total. The number of amides is 1. The second kappa shape index (κ2) is 8.26. The predicted molar refractivity (Wildman–Crippen MR) is 101 cm³/mol. The van der Waals surface area contributed by atoms with Crippen molar-refractivity contribution >= 4 is 16.0 Å². The van der Waals surface area contributed by atoms with Crippen molar-refractivity contribution in [1.82, 2.24) is 4.90 Å². The van der Waals surface area contributed by atoms with Crippen molar-refractivity contribution in [3.8, 4) is 5.75 Å². The highest BCUT2D eigenvalue weighted by molar-refractivity contribution is 7.86. The zero-order chi connectivity index (χ0) is 20.1. The molecular formula is C20H18FNO5S. The maximum atomic E-state index is 13.2. The molecule has 0 radical (unpaired) electrons. The standard InChI is InChI=1S/C20H18FNO5S/c1-28(24,25)27-18-10-6-16(7-11-18)14-22(20(23)19-3-2-12-26-19)13-15-4-8-17(21)9-5-15/h2-12H,13-14H2,1H3. The van der Waals surface area contributed by atoms with Gasteiger partial charge in [0, 0.05) is 13.1 Å². The first-order chi connectivity index (χ1) is 13.3. The molecule has 3 aromatic rings. The summed E-state index contributed by atoms with van der Waals surface area (Å²) in [7, 11) is -3.61. The quantitative estimate of drug-likeness (QED) is 0.564. The molecule has 146 valence electrons. The summed E-state index contributed by atoms with van der Waals surface area (Å²) < 4.78 is 45.6. The van der Waals surface area contributed by atoms with Crippen LogP contribution in [0, 0.1) is 5.82 Å². The average molecular weight is 403 g/mol. The smallest absolute Gasteiger partial charge is 0.306 e. The summed E-state index contributed by atoms with van der Waals surface area (Å²) in [4.78, 5) is 14.3. The summed E-state index contributed by atoms with van der Waals surface area (Å²) in [6.07, 6.45) is 2.38. The third-order valence-corrected chi connectivity index (χ3v) is 4.35. The fourth-order valence-electron chi connectivity index (χ4n) is 2.61. The Kier molecular flexibility index (Phi) is 5.79. The molecule has 0 atom stereocenters. The summed E-state index contributed by atoms with van der Waals surface area (Å²) in [5.41, 5.74) is 1.53. The zero-order valence-corrected chi connectivity index (χ0v) is 15.9. The zero-order valence-electron chi connectivity index (χ0n) is 15.0. The summed E-state index contributed by atoms with van der Waals surface area (Å²) in [5.74, 6) is -0.284. The first kappa shape index (κ1) is 19.6. The van der Waals surface area contributed by atoms with E-state index in [9.17, 15) is 17.6 Å². The number of carbonyl (C=O) groups excluding carboxylic acids is 1. The van der Waals surface area contributed by atoms with Crippen LogP contribution in [-0.4, -0.2) is 25.5 Å². The summed E-state index contributed by atoms with van der Waals surface area (Å²) in [6.45, 7) is 0.497. The van der Waals surface area contributed by atoms with Crippen molar-refractivity contribution in [2.75, 3.05) is 6.26 Å². The molecule has 1 heterocycles. The van der Waals surface area contributed by atoms with Crippen LogP contribution in [0.1, 0.15) is 21.7 Å². The first-order valence-electron chi connectivity index (χ1n) is 8.36. The molecule has 28 heavy (non-hydrogen) atoms. The monoisotopic (exact) mass is 403 g/mol. The molecule has 0 aliphatic rings. The van der Waals surface area contributed by atoms with Crippen LogP contribution >= 0.6 is 0 Å². The van der Waals surface area contributed by atoms with Gasteiger partial charge in [0.2, 0.25) is 0 Å². The minimum absolute atomic E-state index is 0.189. The molecule has 2 aromatic carbocycles. The summed E-state index contributed by atoms with van der Waals surface area (Å²) >= 11 is 0. The third-order valence-electron chi connectivity index (χ3n) is 3.85. The van der Waals surface area contributed by atoms with Gasteiger partial charge >= 0.3 is 10.1 Å². The number of hydrogen-bond donors (Lipinski definition) is 0. The first-order valence-corrected chi connectivity index (χ1v) is 10.2. The van der Waals surface area contributed by atoms with E-state index in [2.05, 4.69) is 0 Å². The lowest BCUT2D eigenvalue weighted by Crippen LogP contribution is -2.29. The van der Waals surface area contributed by atoms with Gasteiger partial charge in [-0.3, -0.25) is 4.79 Å². The highest BCUT2D eigenvalue weighted by Gasteiger charge is 2.19. The molecule has 0 bridgehead atoms. The van der Waals surface area contributed by atoms with Crippen LogP contribution in [0.4, 0.5) is 4.39 Å². The number of benzene rings is 2. The molecule has 8 heteroatoms. The molecule has 0 saturated heterocycles. The van der Waals surface area contributed by atoms with Crippen molar-refractivity contribution in [2.24, 2.45) is 0 Å². The van der Waals surface area contributed by atoms with Crippen LogP contribution in [0.5, 0.6) is 5.75 Å². The fraction of sp³-hybridized carbons (Fsp3) is 0.150. The van der Waals surface area contributed by atoms with E-state index in [0.29, 0.717) is 0 Å². The SMILES string of the molecule is CS(=O)(=O)Oc1ccc(CN(Cc2ccc(F)cc2)C(=O)c2ccco2)cc1. The number of furan rings is 1. The van der Waals surface area contributed by atoms with Crippen molar-refractivity contribution in [2.45, 2.75) is 13.1 Å². The molecular weight excluding hydrogens is 385 g/mol. The number of carbonyl (C=O) groups is 1. The average Bonchev–Trinajstić information content (AvgIpc) is 3.17. The molecule has 0 N–H and O–H groups in total. The van der Waals surface area contributed by atoms with E-state index in [4.69, 9.17) is 8.60 Å². The van der Waals surface area contributed by atoms with Gasteiger partial charge in [-0.2, -0.15) is 8.42 Å². The topological polar surface area (TPSA) is 76.8 Å². The Morgan fingerprint density at radius 2 is 1.57 bits per heavy atom. The van der Waals surface area contributed by atoms with Gasteiger partial charge in [-0.05, 0) is 47.5 Å². The Labute approximate surface area is 162 Å². The lowest BCUT2D eigenvalue weighted by atomic mass is 10.1. The second-order valence-electron chi connectivity index (χ2n) is 6.20. The lowest BCUT2D eigenvalue weighted by Gasteiger charge is -2.22. The fourth-order valence-corrected chi connectivity index (χ4v) is 3.07. The van der Waals surface area contributed by atoms with E-state index >= 15 is 0 Å². The van der Waals surface area contributed by atoms with E-state index in [1.165, 1.54) is 30.5 Å². The largest absolute Gasteiger partial charge is 0.459 e. The Bertz CT molecular complexity index is 1030. The van der Waals surface area contributed by atoms with Gasteiger partial charge in [0.05, 0.1) is 12.5 Å². The maximum Gasteiger partial charge on any atom is 0.306 e. The van der Waals surface area contributed by atoms with Gasteiger partial charge in [-0.15, -0.1) is 0 Å². The van der Waals surface area contributed by atoms with Crippen LogP contribution in [-0.2, 0) is 23.2 Å². The highest BCUT2D eigenvalue weighted by atomic mass is 32.2. The van der Waals surface area contributed by atoms with Gasteiger partial charge in [0.15, 0.2) is 5.76 Å². The van der Waals surface area contributed by atoms with Crippen molar-refractivity contribution < 1.29 is 26.2 Å². The number of halogens is 1. The second-order valence-corrected chi connectivity index (χ2v) is 7.77. The van der Waals surface area contributed by atoms with E-state index in [1.54, 1.807) is 41.3 Å². The van der Waals surface area contributed by atoms with Gasteiger partial charge in [0.25, 0.3) is 5.91 Å². The van der Waals surface area contributed by atoms with Crippen LogP contribution in [0.3, 0.4) is 0 Å². The van der Waals surface area contributed by atoms with Crippen LogP contribution in [0.25, 0.3) is 0 Å². The molecule has 1 amide bonds.